The van der Waals surface area contributed by atoms with Gasteiger partial charge in [0.15, 0.2) is 0 Å². The van der Waals surface area contributed by atoms with Crippen LogP contribution in [0.3, 0.4) is 0 Å². The van der Waals surface area contributed by atoms with Crippen molar-refractivity contribution < 1.29 is 4.39 Å². The molecule has 0 amide bonds. The van der Waals surface area contributed by atoms with Gasteiger partial charge in [-0.25, -0.2) is 4.98 Å². The number of aromatic nitrogens is 1. The fourth-order valence-corrected chi connectivity index (χ4v) is 2.14. The SMILES string of the molecule is Fc1cccc(NCc2cccc3ccccc23)n1. The number of hydrogen-bond acceptors (Lipinski definition) is 2. The van der Waals surface area contributed by atoms with Crippen LogP contribution >= 0.6 is 0 Å². The molecule has 0 saturated carbocycles. The molecule has 0 bridgehead atoms. The minimum Gasteiger partial charge on any atom is -0.366 e. The zero-order valence-corrected chi connectivity index (χ0v) is 10.3. The van der Waals surface area contributed by atoms with Gasteiger partial charge in [0.1, 0.15) is 5.82 Å². The smallest absolute Gasteiger partial charge is 0.214 e. The molecule has 0 saturated heterocycles. The molecule has 1 N–H and O–H groups in total. The first-order valence-corrected chi connectivity index (χ1v) is 6.16. The lowest BCUT2D eigenvalue weighted by molar-refractivity contribution is 0.585. The minimum atomic E-state index is -0.470. The van der Waals surface area contributed by atoms with Crippen molar-refractivity contribution in [1.82, 2.24) is 4.98 Å². The molecule has 0 unspecified atom stereocenters. The predicted octanol–water partition coefficient (Wildman–Crippen LogP) is 3.99. The Labute approximate surface area is 110 Å². The van der Waals surface area contributed by atoms with E-state index in [1.165, 1.54) is 22.4 Å². The van der Waals surface area contributed by atoms with Crippen LogP contribution in [0.2, 0.25) is 0 Å². The van der Waals surface area contributed by atoms with Crippen molar-refractivity contribution in [3.05, 3.63) is 72.2 Å². The standard InChI is InChI=1S/C16H13FN2/c17-15-9-4-10-16(19-15)18-11-13-7-3-6-12-5-1-2-8-14(12)13/h1-10H,11H2,(H,18,19). The predicted molar refractivity (Wildman–Crippen MR) is 75.5 cm³/mol. The zero-order valence-electron chi connectivity index (χ0n) is 10.3. The number of pyridine rings is 1. The number of anilines is 1. The highest BCUT2D eigenvalue weighted by atomic mass is 19.1. The van der Waals surface area contributed by atoms with E-state index in [1.54, 1.807) is 12.1 Å². The van der Waals surface area contributed by atoms with Gasteiger partial charge in [0, 0.05) is 6.54 Å². The summed E-state index contributed by atoms with van der Waals surface area (Å²) in [6, 6.07) is 19.1. The highest BCUT2D eigenvalue weighted by Crippen LogP contribution is 2.19. The van der Waals surface area contributed by atoms with Gasteiger partial charge in [0.2, 0.25) is 5.95 Å². The number of halogens is 1. The van der Waals surface area contributed by atoms with E-state index in [0.717, 1.165) is 0 Å². The molecule has 94 valence electrons. The summed E-state index contributed by atoms with van der Waals surface area (Å²) in [6.45, 7) is 0.623. The van der Waals surface area contributed by atoms with E-state index >= 15 is 0 Å². The summed E-state index contributed by atoms with van der Waals surface area (Å²) in [4.78, 5) is 3.79. The zero-order chi connectivity index (χ0) is 13.1. The number of nitrogens with one attached hydrogen (secondary N) is 1. The quantitative estimate of drug-likeness (QED) is 0.713. The molecule has 19 heavy (non-hydrogen) atoms. The van der Waals surface area contributed by atoms with Gasteiger partial charge in [0.05, 0.1) is 0 Å². The van der Waals surface area contributed by atoms with Crippen LogP contribution < -0.4 is 5.32 Å². The van der Waals surface area contributed by atoms with Gasteiger partial charge in [-0.05, 0) is 28.5 Å². The number of hydrogen-bond donors (Lipinski definition) is 1. The third-order valence-electron chi connectivity index (χ3n) is 3.06. The Bertz CT molecular complexity index is 704. The summed E-state index contributed by atoms with van der Waals surface area (Å²) in [5.41, 5.74) is 1.17. The summed E-state index contributed by atoms with van der Waals surface area (Å²) in [7, 11) is 0. The lowest BCUT2D eigenvalue weighted by Crippen LogP contribution is -2.02. The Hall–Kier alpha value is -2.42. The van der Waals surface area contributed by atoms with E-state index in [0.29, 0.717) is 12.4 Å². The third kappa shape index (κ3) is 2.55. The molecule has 0 spiro atoms. The number of nitrogens with zero attached hydrogens (tertiary/aromatic N) is 1. The Balaban J connectivity index is 1.86. The van der Waals surface area contributed by atoms with Crippen LogP contribution in [-0.2, 0) is 6.54 Å². The Morgan fingerprint density at radius 2 is 1.68 bits per heavy atom. The van der Waals surface area contributed by atoms with Crippen molar-refractivity contribution in [3.63, 3.8) is 0 Å². The molecular formula is C16H13FN2. The number of benzene rings is 2. The molecule has 0 aliphatic carbocycles. The summed E-state index contributed by atoms with van der Waals surface area (Å²) in [6.07, 6.45) is 0. The van der Waals surface area contributed by atoms with Crippen molar-refractivity contribution in [1.29, 1.82) is 0 Å². The van der Waals surface area contributed by atoms with E-state index in [4.69, 9.17) is 0 Å². The molecule has 2 nitrogen and oxygen atoms in total. The highest BCUT2D eigenvalue weighted by molar-refractivity contribution is 5.85. The van der Waals surface area contributed by atoms with Gasteiger partial charge in [-0.15, -0.1) is 0 Å². The average molecular weight is 252 g/mol. The van der Waals surface area contributed by atoms with Crippen LogP contribution in [0.15, 0.2) is 60.7 Å². The number of fused-ring (bicyclic) bond motifs is 1. The van der Waals surface area contributed by atoms with Crippen molar-refractivity contribution in [2.75, 3.05) is 5.32 Å². The third-order valence-corrected chi connectivity index (χ3v) is 3.06. The van der Waals surface area contributed by atoms with Crippen LogP contribution in [0.4, 0.5) is 10.2 Å². The normalized spacial score (nSPS) is 10.6. The van der Waals surface area contributed by atoms with Crippen LogP contribution in [0.25, 0.3) is 10.8 Å². The van der Waals surface area contributed by atoms with Crippen molar-refractivity contribution in [3.8, 4) is 0 Å². The molecule has 1 aromatic heterocycles. The molecule has 0 radical (unpaired) electrons. The largest absolute Gasteiger partial charge is 0.366 e. The fourth-order valence-electron chi connectivity index (χ4n) is 2.14. The number of rotatable bonds is 3. The summed E-state index contributed by atoms with van der Waals surface area (Å²) in [5.74, 6) is 0.0795. The first-order valence-electron chi connectivity index (χ1n) is 6.16. The maximum atomic E-state index is 13.0. The molecule has 0 atom stereocenters. The Morgan fingerprint density at radius 3 is 2.58 bits per heavy atom. The average Bonchev–Trinajstić information content (AvgIpc) is 2.45. The molecule has 0 aliphatic heterocycles. The van der Waals surface area contributed by atoms with Gasteiger partial charge in [0.25, 0.3) is 0 Å². The van der Waals surface area contributed by atoms with Gasteiger partial charge in [-0.1, -0.05) is 48.5 Å². The topological polar surface area (TPSA) is 24.9 Å². The van der Waals surface area contributed by atoms with Crippen LogP contribution in [0.1, 0.15) is 5.56 Å². The first-order chi connectivity index (χ1) is 9.33. The molecule has 0 fully saturated rings. The van der Waals surface area contributed by atoms with Crippen LogP contribution in [0.5, 0.6) is 0 Å². The second-order valence-corrected chi connectivity index (χ2v) is 4.34. The van der Waals surface area contributed by atoms with E-state index in [9.17, 15) is 4.39 Å². The Morgan fingerprint density at radius 1 is 0.895 bits per heavy atom. The molecular weight excluding hydrogens is 239 g/mol. The van der Waals surface area contributed by atoms with E-state index in [1.807, 2.05) is 18.2 Å². The van der Waals surface area contributed by atoms with Crippen molar-refractivity contribution >= 4 is 16.6 Å². The second-order valence-electron chi connectivity index (χ2n) is 4.34. The van der Waals surface area contributed by atoms with E-state index < -0.39 is 5.95 Å². The van der Waals surface area contributed by atoms with Gasteiger partial charge < -0.3 is 5.32 Å². The maximum Gasteiger partial charge on any atom is 0.214 e. The fraction of sp³-hybridized carbons (Fsp3) is 0.0625. The van der Waals surface area contributed by atoms with Crippen LogP contribution in [-0.4, -0.2) is 4.98 Å². The van der Waals surface area contributed by atoms with E-state index in [-0.39, 0.29) is 0 Å². The minimum absolute atomic E-state index is 0.470. The van der Waals surface area contributed by atoms with Gasteiger partial charge in [-0.3, -0.25) is 0 Å². The monoisotopic (exact) mass is 252 g/mol. The molecule has 3 rings (SSSR count). The second kappa shape index (κ2) is 5.06. The van der Waals surface area contributed by atoms with Gasteiger partial charge in [-0.2, -0.15) is 4.39 Å². The maximum absolute atomic E-state index is 13.0. The Kier molecular flexibility index (Phi) is 3.11. The summed E-state index contributed by atoms with van der Waals surface area (Å²) in [5, 5.41) is 5.55. The first kappa shape index (κ1) is 11.7. The summed E-state index contributed by atoms with van der Waals surface area (Å²) >= 11 is 0. The molecule has 3 heteroatoms. The van der Waals surface area contributed by atoms with Crippen LogP contribution in [0, 0.1) is 5.95 Å². The van der Waals surface area contributed by atoms with Crippen molar-refractivity contribution in [2.24, 2.45) is 0 Å². The molecule has 2 aromatic carbocycles. The molecule has 3 aromatic rings. The highest BCUT2D eigenvalue weighted by Gasteiger charge is 2.01. The summed E-state index contributed by atoms with van der Waals surface area (Å²) < 4.78 is 13.0. The lowest BCUT2D eigenvalue weighted by atomic mass is 10.0. The molecule has 1 heterocycles. The van der Waals surface area contributed by atoms with E-state index in [2.05, 4.69) is 34.6 Å². The van der Waals surface area contributed by atoms with Gasteiger partial charge >= 0.3 is 0 Å². The molecule has 0 aliphatic rings. The lowest BCUT2D eigenvalue weighted by Gasteiger charge is -2.08. The van der Waals surface area contributed by atoms with Crippen molar-refractivity contribution in [2.45, 2.75) is 6.54 Å².